The first kappa shape index (κ1) is 13.5. The van der Waals surface area contributed by atoms with Gasteiger partial charge < -0.3 is 11.1 Å². The van der Waals surface area contributed by atoms with Crippen molar-refractivity contribution in [1.82, 2.24) is 0 Å². The van der Waals surface area contributed by atoms with Crippen molar-refractivity contribution in [1.29, 1.82) is 0 Å². The van der Waals surface area contributed by atoms with Crippen LogP contribution in [0.5, 0.6) is 0 Å². The molecule has 1 amide bonds. The summed E-state index contributed by atoms with van der Waals surface area (Å²) >= 11 is 3.07. The van der Waals surface area contributed by atoms with Gasteiger partial charge in [-0.15, -0.1) is 0 Å². The zero-order valence-electron chi connectivity index (χ0n) is 10.2. The number of amides is 1. The highest BCUT2D eigenvalue weighted by Gasteiger charge is 2.10. The van der Waals surface area contributed by atoms with Crippen molar-refractivity contribution in [3.63, 3.8) is 0 Å². The molecule has 3 nitrogen and oxygen atoms in total. The topological polar surface area (TPSA) is 55.1 Å². The van der Waals surface area contributed by atoms with Gasteiger partial charge in [-0.3, -0.25) is 4.79 Å². The van der Waals surface area contributed by atoms with Crippen LogP contribution in [0.25, 0.3) is 0 Å². The molecule has 0 fully saturated rings. The number of hydrogen-bond acceptors (Lipinski definition) is 2. The summed E-state index contributed by atoms with van der Waals surface area (Å²) in [6.45, 7) is 1.81. The first-order valence-electron chi connectivity index (χ1n) is 5.60. The number of carbonyl (C=O) groups is 1. The van der Waals surface area contributed by atoms with Crippen LogP contribution in [0.15, 0.2) is 40.9 Å². The Labute approximate surface area is 118 Å². The van der Waals surface area contributed by atoms with Crippen molar-refractivity contribution in [2.75, 3.05) is 11.1 Å². The summed E-state index contributed by atoms with van der Waals surface area (Å²) in [7, 11) is 0. The smallest absolute Gasteiger partial charge is 0.255 e. The fraction of sp³-hybridized carbons (Fsp3) is 0.0714. The van der Waals surface area contributed by atoms with Gasteiger partial charge in [0.15, 0.2) is 0 Å². The summed E-state index contributed by atoms with van der Waals surface area (Å²) in [5.74, 6) is -0.627. The molecule has 0 radical (unpaired) electrons. The molecule has 0 unspecified atom stereocenters. The minimum absolute atomic E-state index is 0.254. The zero-order valence-corrected chi connectivity index (χ0v) is 11.8. The van der Waals surface area contributed by atoms with Gasteiger partial charge in [0.2, 0.25) is 0 Å². The average Bonchev–Trinajstić information content (AvgIpc) is 2.33. The standard InChI is InChI=1S/C14H12BrFN2O/c1-8-6-9(17)2-4-11(8)14(19)18-10-3-5-13(16)12(15)7-10/h2-7H,17H2,1H3,(H,18,19). The molecule has 0 aliphatic heterocycles. The molecule has 0 bridgehead atoms. The van der Waals surface area contributed by atoms with Crippen LogP contribution in [-0.2, 0) is 0 Å². The van der Waals surface area contributed by atoms with Gasteiger partial charge in [-0.25, -0.2) is 4.39 Å². The van der Waals surface area contributed by atoms with E-state index in [1.54, 1.807) is 18.2 Å². The van der Waals surface area contributed by atoms with Crippen molar-refractivity contribution >= 4 is 33.2 Å². The molecule has 0 aliphatic carbocycles. The van der Waals surface area contributed by atoms with E-state index in [1.807, 2.05) is 6.92 Å². The molecule has 2 rings (SSSR count). The predicted octanol–water partition coefficient (Wildman–Crippen LogP) is 3.73. The SMILES string of the molecule is Cc1cc(N)ccc1C(=O)Nc1ccc(F)c(Br)c1. The number of anilines is 2. The number of benzene rings is 2. The summed E-state index contributed by atoms with van der Waals surface area (Å²) in [6, 6.07) is 9.37. The monoisotopic (exact) mass is 322 g/mol. The lowest BCUT2D eigenvalue weighted by Gasteiger charge is -2.09. The molecular weight excluding hydrogens is 311 g/mol. The van der Waals surface area contributed by atoms with Gasteiger partial charge in [-0.1, -0.05) is 0 Å². The van der Waals surface area contributed by atoms with Crippen LogP contribution < -0.4 is 11.1 Å². The highest BCUT2D eigenvalue weighted by molar-refractivity contribution is 9.10. The van der Waals surface area contributed by atoms with Crippen LogP contribution in [0.1, 0.15) is 15.9 Å². The number of aryl methyl sites for hydroxylation is 1. The number of nitrogens with one attached hydrogen (secondary N) is 1. The van der Waals surface area contributed by atoms with Crippen molar-refractivity contribution in [2.24, 2.45) is 0 Å². The van der Waals surface area contributed by atoms with Gasteiger partial charge in [0.25, 0.3) is 5.91 Å². The highest BCUT2D eigenvalue weighted by Crippen LogP contribution is 2.21. The number of halogens is 2. The van der Waals surface area contributed by atoms with E-state index >= 15 is 0 Å². The molecule has 5 heteroatoms. The Morgan fingerprint density at radius 2 is 2.00 bits per heavy atom. The fourth-order valence-electron chi connectivity index (χ4n) is 1.71. The van der Waals surface area contributed by atoms with Crippen LogP contribution in [0.3, 0.4) is 0 Å². The Morgan fingerprint density at radius 3 is 2.63 bits per heavy atom. The molecule has 0 atom stereocenters. The molecule has 3 N–H and O–H groups in total. The fourth-order valence-corrected chi connectivity index (χ4v) is 2.09. The highest BCUT2D eigenvalue weighted by atomic mass is 79.9. The normalized spacial score (nSPS) is 10.3. The molecule has 0 saturated heterocycles. The van der Waals surface area contributed by atoms with Crippen LogP contribution >= 0.6 is 15.9 Å². The second-order valence-electron chi connectivity index (χ2n) is 4.16. The van der Waals surface area contributed by atoms with E-state index in [4.69, 9.17) is 5.73 Å². The van der Waals surface area contributed by atoms with Crippen LogP contribution in [0.4, 0.5) is 15.8 Å². The number of hydrogen-bond donors (Lipinski definition) is 2. The lowest BCUT2D eigenvalue weighted by molar-refractivity contribution is 0.102. The van der Waals surface area contributed by atoms with Crippen LogP contribution in [0, 0.1) is 12.7 Å². The van der Waals surface area contributed by atoms with Crippen molar-refractivity contribution < 1.29 is 9.18 Å². The molecule has 98 valence electrons. The van der Waals surface area contributed by atoms with E-state index in [0.29, 0.717) is 21.4 Å². The molecule has 0 aliphatic rings. The van der Waals surface area contributed by atoms with Gasteiger partial charge in [0.05, 0.1) is 4.47 Å². The lowest BCUT2D eigenvalue weighted by Crippen LogP contribution is -2.13. The third-order valence-corrected chi connectivity index (χ3v) is 3.28. The van der Waals surface area contributed by atoms with E-state index < -0.39 is 0 Å². The number of rotatable bonds is 2. The molecule has 0 aromatic heterocycles. The Balaban J connectivity index is 2.23. The maximum atomic E-state index is 13.1. The zero-order chi connectivity index (χ0) is 14.0. The first-order chi connectivity index (χ1) is 8.97. The van der Waals surface area contributed by atoms with Crippen molar-refractivity contribution in [3.05, 3.63) is 57.8 Å². The van der Waals surface area contributed by atoms with E-state index in [9.17, 15) is 9.18 Å². The Bertz CT molecular complexity index is 643. The lowest BCUT2D eigenvalue weighted by atomic mass is 10.1. The van der Waals surface area contributed by atoms with Gasteiger partial charge >= 0.3 is 0 Å². The minimum Gasteiger partial charge on any atom is -0.399 e. The molecule has 0 heterocycles. The average molecular weight is 323 g/mol. The number of nitrogens with two attached hydrogens (primary N) is 1. The summed E-state index contributed by atoms with van der Waals surface area (Å²) in [5, 5.41) is 2.71. The molecule has 2 aromatic carbocycles. The van der Waals surface area contributed by atoms with Gasteiger partial charge in [0, 0.05) is 16.9 Å². The summed E-state index contributed by atoms with van der Waals surface area (Å²) in [5.41, 5.74) is 8.10. The molecule has 2 aromatic rings. The van der Waals surface area contributed by atoms with Gasteiger partial charge in [-0.05, 0) is 64.8 Å². The van der Waals surface area contributed by atoms with Gasteiger partial charge in [-0.2, -0.15) is 0 Å². The molecule has 0 saturated carbocycles. The van der Waals surface area contributed by atoms with E-state index in [1.165, 1.54) is 18.2 Å². The van der Waals surface area contributed by atoms with Crippen LogP contribution in [0.2, 0.25) is 0 Å². The van der Waals surface area contributed by atoms with Crippen LogP contribution in [-0.4, -0.2) is 5.91 Å². The second-order valence-corrected chi connectivity index (χ2v) is 5.01. The van der Waals surface area contributed by atoms with Gasteiger partial charge in [0.1, 0.15) is 5.82 Å². The maximum Gasteiger partial charge on any atom is 0.255 e. The Kier molecular flexibility index (Phi) is 3.85. The first-order valence-corrected chi connectivity index (χ1v) is 6.39. The quantitative estimate of drug-likeness (QED) is 0.828. The minimum atomic E-state index is -0.373. The third kappa shape index (κ3) is 3.12. The summed E-state index contributed by atoms with van der Waals surface area (Å²) in [6.07, 6.45) is 0. The Hall–Kier alpha value is -1.88. The van der Waals surface area contributed by atoms with E-state index in [2.05, 4.69) is 21.2 Å². The number of nitrogen functional groups attached to an aromatic ring is 1. The Morgan fingerprint density at radius 1 is 1.26 bits per heavy atom. The largest absolute Gasteiger partial charge is 0.399 e. The maximum absolute atomic E-state index is 13.1. The summed E-state index contributed by atoms with van der Waals surface area (Å²) < 4.78 is 13.4. The van der Waals surface area contributed by atoms with E-state index in [-0.39, 0.29) is 11.7 Å². The molecule has 19 heavy (non-hydrogen) atoms. The summed E-state index contributed by atoms with van der Waals surface area (Å²) in [4.78, 5) is 12.1. The second kappa shape index (κ2) is 5.40. The molecular formula is C14H12BrFN2O. The van der Waals surface area contributed by atoms with E-state index in [0.717, 1.165) is 5.56 Å². The van der Waals surface area contributed by atoms with Crippen molar-refractivity contribution in [2.45, 2.75) is 6.92 Å². The van der Waals surface area contributed by atoms with Crippen molar-refractivity contribution in [3.8, 4) is 0 Å². The molecule has 0 spiro atoms. The number of carbonyl (C=O) groups excluding carboxylic acids is 1. The predicted molar refractivity (Wildman–Crippen MR) is 77.6 cm³/mol. The third-order valence-electron chi connectivity index (χ3n) is 2.67.